The second-order valence-electron chi connectivity index (χ2n) is 3.90. The highest BCUT2D eigenvalue weighted by molar-refractivity contribution is 5.22. The lowest BCUT2D eigenvalue weighted by molar-refractivity contribution is 0.291. The predicted molar refractivity (Wildman–Crippen MR) is 64.5 cm³/mol. The number of nitrogens with zero attached hydrogens (tertiary/aromatic N) is 1. The zero-order valence-electron chi connectivity index (χ0n) is 10.1. The van der Waals surface area contributed by atoms with Crippen molar-refractivity contribution in [1.29, 1.82) is 0 Å². The predicted octanol–water partition coefficient (Wildman–Crippen LogP) is 2.37. The molecular formula is C13H15NO3. The average molecular weight is 233 g/mol. The maximum Gasteiger partial charge on any atom is 0.422 e. The largest absolute Gasteiger partial charge is 0.467 e. The molecule has 0 unspecified atom stereocenters. The van der Waals surface area contributed by atoms with E-state index in [0.717, 1.165) is 5.56 Å². The molecule has 0 aliphatic rings. The van der Waals surface area contributed by atoms with Gasteiger partial charge in [0.15, 0.2) is 0 Å². The summed E-state index contributed by atoms with van der Waals surface area (Å²) in [6, 6.07) is 9.73. The lowest BCUT2D eigenvalue weighted by Gasteiger charge is -2.13. The summed E-state index contributed by atoms with van der Waals surface area (Å²) < 4.78 is 11.6. The lowest BCUT2D eigenvalue weighted by Crippen LogP contribution is -2.20. The van der Waals surface area contributed by atoms with Crippen molar-refractivity contribution in [1.82, 2.24) is 4.57 Å². The summed E-state index contributed by atoms with van der Waals surface area (Å²) >= 11 is 0. The fourth-order valence-electron chi connectivity index (χ4n) is 1.96. The molecule has 2 rings (SSSR count). The number of oxazole rings is 1. The van der Waals surface area contributed by atoms with Crippen molar-refractivity contribution in [2.24, 2.45) is 0 Å². The number of rotatable bonds is 3. The van der Waals surface area contributed by atoms with Crippen LogP contribution in [0.15, 0.2) is 39.5 Å². The molecule has 0 fully saturated rings. The summed E-state index contributed by atoms with van der Waals surface area (Å²) in [6.07, 6.45) is 0. The third-order valence-corrected chi connectivity index (χ3v) is 2.89. The summed E-state index contributed by atoms with van der Waals surface area (Å²) in [5.41, 5.74) is 1.76. The van der Waals surface area contributed by atoms with Gasteiger partial charge < -0.3 is 9.15 Å². The van der Waals surface area contributed by atoms with Crippen LogP contribution in [0.4, 0.5) is 0 Å². The molecule has 1 atom stereocenters. The van der Waals surface area contributed by atoms with Gasteiger partial charge in [0.05, 0.1) is 13.2 Å². The molecule has 0 spiro atoms. The van der Waals surface area contributed by atoms with Crippen LogP contribution in [0, 0.1) is 6.92 Å². The first-order valence-corrected chi connectivity index (χ1v) is 5.46. The molecule has 1 heterocycles. The van der Waals surface area contributed by atoms with E-state index in [2.05, 4.69) is 0 Å². The number of aromatic nitrogens is 1. The minimum Gasteiger partial charge on any atom is -0.467 e. The molecule has 90 valence electrons. The van der Waals surface area contributed by atoms with Gasteiger partial charge in [-0.1, -0.05) is 30.3 Å². The van der Waals surface area contributed by atoms with Crippen molar-refractivity contribution in [3.8, 4) is 5.95 Å². The van der Waals surface area contributed by atoms with E-state index in [9.17, 15) is 4.79 Å². The molecule has 0 aliphatic carbocycles. The van der Waals surface area contributed by atoms with Gasteiger partial charge in [0, 0.05) is 0 Å². The summed E-state index contributed by atoms with van der Waals surface area (Å²) in [4.78, 5) is 11.8. The van der Waals surface area contributed by atoms with E-state index < -0.39 is 5.76 Å². The molecule has 0 saturated heterocycles. The third-order valence-electron chi connectivity index (χ3n) is 2.89. The molecule has 17 heavy (non-hydrogen) atoms. The smallest absolute Gasteiger partial charge is 0.422 e. The third kappa shape index (κ3) is 1.98. The van der Waals surface area contributed by atoms with Gasteiger partial charge in [0.25, 0.3) is 0 Å². The molecular weight excluding hydrogens is 218 g/mol. The van der Waals surface area contributed by atoms with Gasteiger partial charge in [-0.25, -0.2) is 4.79 Å². The van der Waals surface area contributed by atoms with Crippen LogP contribution in [-0.4, -0.2) is 11.7 Å². The average Bonchev–Trinajstić information content (AvgIpc) is 2.64. The molecule has 4 nitrogen and oxygen atoms in total. The van der Waals surface area contributed by atoms with Crippen molar-refractivity contribution >= 4 is 0 Å². The second kappa shape index (κ2) is 4.49. The highest BCUT2D eigenvalue weighted by atomic mass is 16.6. The number of ether oxygens (including phenoxy) is 1. The van der Waals surface area contributed by atoms with Crippen LogP contribution >= 0.6 is 0 Å². The van der Waals surface area contributed by atoms with Gasteiger partial charge in [-0.3, -0.25) is 4.57 Å². The van der Waals surface area contributed by atoms with E-state index in [1.807, 2.05) is 44.2 Å². The number of benzene rings is 1. The molecule has 1 aromatic heterocycles. The molecule has 1 aromatic carbocycles. The van der Waals surface area contributed by atoms with Gasteiger partial charge in [-0.05, 0) is 19.4 Å². The molecule has 0 bridgehead atoms. The minimum absolute atomic E-state index is 0.0728. The SMILES string of the molecule is COc1oc(=O)n([C@H](C)c2ccccc2)c1C. The Morgan fingerprint density at radius 2 is 1.94 bits per heavy atom. The molecule has 0 aliphatic heterocycles. The first kappa shape index (κ1) is 11.5. The molecule has 4 heteroatoms. The van der Waals surface area contributed by atoms with Gasteiger partial charge in [-0.15, -0.1) is 0 Å². The summed E-state index contributed by atoms with van der Waals surface area (Å²) in [5, 5.41) is 0. The summed E-state index contributed by atoms with van der Waals surface area (Å²) in [6.45, 7) is 3.77. The Morgan fingerprint density at radius 3 is 2.47 bits per heavy atom. The van der Waals surface area contributed by atoms with Crippen molar-refractivity contribution in [2.75, 3.05) is 7.11 Å². The standard InChI is InChI=1S/C13H15NO3/c1-9(11-7-5-4-6-8-11)14-10(2)12(16-3)17-13(14)15/h4-9H,1-3H3/t9-/m1/s1. The lowest BCUT2D eigenvalue weighted by atomic mass is 10.1. The van der Waals surface area contributed by atoms with Crippen LogP contribution < -0.4 is 10.5 Å². The maximum absolute atomic E-state index is 11.8. The van der Waals surface area contributed by atoms with E-state index in [0.29, 0.717) is 5.69 Å². The fraction of sp³-hybridized carbons (Fsp3) is 0.308. The van der Waals surface area contributed by atoms with Crippen molar-refractivity contribution in [2.45, 2.75) is 19.9 Å². The normalized spacial score (nSPS) is 12.4. The van der Waals surface area contributed by atoms with Crippen LogP contribution in [0.1, 0.15) is 24.2 Å². The number of hydrogen-bond donors (Lipinski definition) is 0. The van der Waals surface area contributed by atoms with Crippen molar-refractivity contribution in [3.05, 3.63) is 52.1 Å². The van der Waals surface area contributed by atoms with Crippen LogP contribution in [0.25, 0.3) is 0 Å². The summed E-state index contributed by atoms with van der Waals surface area (Å²) in [5.74, 6) is -0.117. The second-order valence-corrected chi connectivity index (χ2v) is 3.90. The zero-order valence-corrected chi connectivity index (χ0v) is 10.1. The molecule has 2 aromatic rings. The molecule has 0 amide bonds. The van der Waals surface area contributed by atoms with E-state index >= 15 is 0 Å². The Morgan fingerprint density at radius 1 is 1.29 bits per heavy atom. The Bertz CT molecular complexity index is 554. The van der Waals surface area contributed by atoms with Gasteiger partial charge in [0.2, 0.25) is 0 Å². The molecule has 0 N–H and O–H groups in total. The van der Waals surface area contributed by atoms with E-state index in [1.165, 1.54) is 7.11 Å². The highest BCUT2D eigenvalue weighted by Crippen LogP contribution is 2.23. The zero-order chi connectivity index (χ0) is 12.4. The maximum atomic E-state index is 11.8. The van der Waals surface area contributed by atoms with Crippen LogP contribution in [-0.2, 0) is 0 Å². The van der Waals surface area contributed by atoms with Gasteiger partial charge in [0.1, 0.15) is 5.69 Å². The Hall–Kier alpha value is -1.97. The minimum atomic E-state index is -0.393. The van der Waals surface area contributed by atoms with Crippen LogP contribution in [0.5, 0.6) is 5.95 Å². The van der Waals surface area contributed by atoms with E-state index in [4.69, 9.17) is 9.15 Å². The Kier molecular flexibility index (Phi) is 3.04. The quantitative estimate of drug-likeness (QED) is 0.817. The van der Waals surface area contributed by atoms with Crippen molar-refractivity contribution < 1.29 is 9.15 Å². The fourth-order valence-corrected chi connectivity index (χ4v) is 1.96. The van der Waals surface area contributed by atoms with Crippen LogP contribution in [0.3, 0.4) is 0 Å². The molecule has 0 saturated carbocycles. The number of methoxy groups -OCH3 is 1. The summed E-state index contributed by atoms with van der Waals surface area (Å²) in [7, 11) is 1.49. The topological polar surface area (TPSA) is 44.4 Å². The first-order chi connectivity index (χ1) is 8.15. The van der Waals surface area contributed by atoms with Gasteiger partial charge >= 0.3 is 11.7 Å². The van der Waals surface area contributed by atoms with Gasteiger partial charge in [-0.2, -0.15) is 0 Å². The van der Waals surface area contributed by atoms with Crippen molar-refractivity contribution in [3.63, 3.8) is 0 Å². The molecule has 0 radical (unpaired) electrons. The monoisotopic (exact) mass is 233 g/mol. The Balaban J connectivity index is 2.48. The number of hydrogen-bond acceptors (Lipinski definition) is 3. The first-order valence-electron chi connectivity index (χ1n) is 5.46. The van der Waals surface area contributed by atoms with Crippen LogP contribution in [0.2, 0.25) is 0 Å². The van der Waals surface area contributed by atoms with E-state index in [-0.39, 0.29) is 12.0 Å². The van der Waals surface area contributed by atoms with E-state index in [1.54, 1.807) is 4.57 Å². The highest BCUT2D eigenvalue weighted by Gasteiger charge is 2.18. The Labute approximate surface area is 99.4 Å².